The monoisotopic (exact) mass is 752 g/mol. The summed E-state index contributed by atoms with van der Waals surface area (Å²) in [6, 6.07) is 15.1. The van der Waals surface area contributed by atoms with Crippen molar-refractivity contribution in [1.29, 1.82) is 5.26 Å². The number of carbonyl (C=O) groups excluding carboxylic acids is 2. The van der Waals surface area contributed by atoms with E-state index in [-0.39, 0.29) is 17.7 Å². The fourth-order valence-electron chi connectivity index (χ4n) is 9.12. The summed E-state index contributed by atoms with van der Waals surface area (Å²) in [7, 11) is 0. The number of rotatable bonds is 10. The summed E-state index contributed by atoms with van der Waals surface area (Å²) in [4.78, 5) is 38.2. The second-order valence-corrected chi connectivity index (χ2v) is 16.0. The standard InChI is InChI=1S/C42H48N12O2/c43-23-29-21-31-25-46-54(41(31)45-24-29)39-22-37(47-32-3-1-2-4-32)36(26-44-39)38-27-53(50-49-38)34-9-5-28(6-10-34)15-16-51-17-19-52(20-18-51)33-11-7-30(8-12-33)35-13-14-40(55)48-42(35)56/h7-8,11-12,21-22,24-28,32,34-35H,1-6,9-10,13-20H2,(H,44,47)(H,48,55,56). The molecule has 0 bridgehead atoms. The molecule has 4 aliphatic rings. The van der Waals surface area contributed by atoms with Gasteiger partial charge in [-0.25, -0.2) is 14.6 Å². The maximum Gasteiger partial charge on any atom is 0.234 e. The van der Waals surface area contributed by atoms with Crippen LogP contribution in [0.2, 0.25) is 0 Å². The van der Waals surface area contributed by atoms with Gasteiger partial charge in [0.25, 0.3) is 0 Å². The Hall–Kier alpha value is -5.68. The van der Waals surface area contributed by atoms with Gasteiger partial charge in [0, 0.05) is 79.4 Å². The van der Waals surface area contributed by atoms with Crippen molar-refractivity contribution in [2.75, 3.05) is 42.9 Å². The average Bonchev–Trinajstić information content (AvgIpc) is 4.03. The van der Waals surface area contributed by atoms with Gasteiger partial charge in [-0.1, -0.05) is 30.2 Å². The minimum Gasteiger partial charge on any atom is -0.382 e. The number of anilines is 2. The predicted octanol–water partition coefficient (Wildman–Crippen LogP) is 5.76. The highest BCUT2D eigenvalue weighted by Crippen LogP contribution is 2.36. The van der Waals surface area contributed by atoms with Crippen molar-refractivity contribution in [3.63, 3.8) is 0 Å². The quantitative estimate of drug-likeness (QED) is 0.167. The molecule has 2 saturated heterocycles. The summed E-state index contributed by atoms with van der Waals surface area (Å²) in [6.07, 6.45) is 18.8. The van der Waals surface area contributed by atoms with E-state index in [9.17, 15) is 14.9 Å². The first kappa shape index (κ1) is 36.0. The summed E-state index contributed by atoms with van der Waals surface area (Å²) in [5, 5.41) is 30.2. The third kappa shape index (κ3) is 7.60. The molecule has 2 N–H and O–H groups in total. The summed E-state index contributed by atoms with van der Waals surface area (Å²) in [6.45, 7) is 5.24. The maximum absolute atomic E-state index is 12.3. The molecule has 14 heteroatoms. The number of carbonyl (C=O) groups is 2. The third-order valence-electron chi connectivity index (χ3n) is 12.5. The SMILES string of the molecule is N#Cc1cnc2c(cnn2-c2cc(NC3CCCC3)c(-c3cn(C4CCC(CCN5CCN(c6ccc(C7CCC(=O)NC7=O)cc6)CC5)CC4)nn3)cn2)c1. The Bertz CT molecular complexity index is 2240. The van der Waals surface area contributed by atoms with E-state index in [1.165, 1.54) is 37.8 Å². The Kier molecular flexibility index (Phi) is 10.2. The molecule has 1 aromatic carbocycles. The normalized spacial score (nSPS) is 22.3. The minimum atomic E-state index is -0.239. The van der Waals surface area contributed by atoms with Gasteiger partial charge in [-0.2, -0.15) is 15.0 Å². The van der Waals surface area contributed by atoms with Gasteiger partial charge >= 0.3 is 0 Å². The molecule has 14 nitrogen and oxygen atoms in total. The molecule has 2 amide bonds. The minimum absolute atomic E-state index is 0.175. The van der Waals surface area contributed by atoms with Crippen LogP contribution in [0.25, 0.3) is 28.1 Å². The first-order valence-corrected chi connectivity index (χ1v) is 20.3. The number of aromatic nitrogens is 7. The van der Waals surface area contributed by atoms with Crippen molar-refractivity contribution >= 4 is 34.2 Å². The smallest absolute Gasteiger partial charge is 0.234 e. The van der Waals surface area contributed by atoms with Crippen molar-refractivity contribution in [1.82, 2.24) is 45.0 Å². The zero-order valence-corrected chi connectivity index (χ0v) is 31.7. The van der Waals surface area contributed by atoms with E-state index in [0.29, 0.717) is 42.0 Å². The van der Waals surface area contributed by atoms with Crippen LogP contribution in [0.1, 0.15) is 93.7 Å². The van der Waals surface area contributed by atoms with Crippen molar-refractivity contribution in [2.24, 2.45) is 5.92 Å². The van der Waals surface area contributed by atoms with Crippen molar-refractivity contribution < 1.29 is 9.59 Å². The fourth-order valence-corrected chi connectivity index (χ4v) is 9.12. The number of piperidine rings is 1. The van der Waals surface area contributed by atoms with Crippen LogP contribution in [-0.4, -0.2) is 90.2 Å². The first-order valence-electron chi connectivity index (χ1n) is 20.3. The molecule has 4 aromatic heterocycles. The van der Waals surface area contributed by atoms with Crippen LogP contribution in [0, 0.1) is 17.2 Å². The van der Waals surface area contributed by atoms with E-state index < -0.39 is 0 Å². The Balaban J connectivity index is 0.781. The van der Waals surface area contributed by atoms with E-state index in [2.05, 4.69) is 82.0 Å². The summed E-state index contributed by atoms with van der Waals surface area (Å²) in [5.41, 5.74) is 6.06. The molecule has 2 aliphatic carbocycles. The highest BCUT2D eigenvalue weighted by atomic mass is 16.2. The molecule has 2 saturated carbocycles. The van der Waals surface area contributed by atoms with Gasteiger partial charge in [0.1, 0.15) is 11.8 Å². The highest BCUT2D eigenvalue weighted by molar-refractivity contribution is 6.01. The van der Waals surface area contributed by atoms with Gasteiger partial charge < -0.3 is 10.2 Å². The van der Waals surface area contributed by atoms with E-state index in [4.69, 9.17) is 4.98 Å². The summed E-state index contributed by atoms with van der Waals surface area (Å²) >= 11 is 0. The molecule has 6 heterocycles. The lowest BCUT2D eigenvalue weighted by Gasteiger charge is -2.37. The second kappa shape index (κ2) is 15.8. The number of fused-ring (bicyclic) bond motifs is 1. The van der Waals surface area contributed by atoms with Crippen LogP contribution in [0.4, 0.5) is 11.4 Å². The van der Waals surface area contributed by atoms with E-state index in [1.54, 1.807) is 23.1 Å². The zero-order valence-electron chi connectivity index (χ0n) is 31.7. The van der Waals surface area contributed by atoms with Gasteiger partial charge in [0.2, 0.25) is 11.8 Å². The van der Waals surface area contributed by atoms with Crippen LogP contribution in [-0.2, 0) is 9.59 Å². The molecule has 56 heavy (non-hydrogen) atoms. The topological polar surface area (TPSA) is 163 Å². The van der Waals surface area contributed by atoms with Crippen molar-refractivity contribution in [2.45, 2.75) is 88.6 Å². The first-order chi connectivity index (χ1) is 27.5. The van der Waals surface area contributed by atoms with Crippen LogP contribution in [0.5, 0.6) is 0 Å². The number of nitrogens with zero attached hydrogens (tertiary/aromatic N) is 10. The van der Waals surface area contributed by atoms with Gasteiger partial charge in [-0.3, -0.25) is 19.8 Å². The molecule has 5 aromatic rings. The van der Waals surface area contributed by atoms with Crippen molar-refractivity contribution in [3.8, 4) is 23.1 Å². The predicted molar refractivity (Wildman–Crippen MR) is 212 cm³/mol. The van der Waals surface area contributed by atoms with E-state index in [1.807, 2.05) is 12.3 Å². The van der Waals surface area contributed by atoms with Crippen LogP contribution >= 0.6 is 0 Å². The molecule has 1 atom stereocenters. The van der Waals surface area contributed by atoms with Gasteiger partial charge in [-0.05, 0) is 87.6 Å². The molecule has 0 spiro atoms. The Morgan fingerprint density at radius 1 is 0.893 bits per heavy atom. The van der Waals surface area contributed by atoms with Crippen molar-refractivity contribution in [3.05, 3.63) is 72.3 Å². The third-order valence-corrected chi connectivity index (χ3v) is 12.5. The molecular weight excluding hydrogens is 705 g/mol. The number of nitriles is 1. The molecule has 0 radical (unpaired) electrons. The van der Waals surface area contributed by atoms with Gasteiger partial charge in [-0.15, -0.1) is 5.10 Å². The molecule has 1 unspecified atom stereocenters. The number of amides is 2. The summed E-state index contributed by atoms with van der Waals surface area (Å²) < 4.78 is 3.80. The molecule has 2 aliphatic heterocycles. The van der Waals surface area contributed by atoms with Crippen LogP contribution in [0.15, 0.2) is 61.2 Å². The Morgan fingerprint density at radius 3 is 2.46 bits per heavy atom. The number of nitrogens with one attached hydrogen (secondary N) is 2. The highest BCUT2D eigenvalue weighted by Gasteiger charge is 2.29. The number of imide groups is 1. The number of hydrogen-bond donors (Lipinski definition) is 2. The van der Waals surface area contributed by atoms with Crippen LogP contribution < -0.4 is 15.5 Å². The molecular formula is C42H48N12O2. The maximum atomic E-state index is 12.3. The summed E-state index contributed by atoms with van der Waals surface area (Å²) in [5.74, 6) is 0.790. The number of pyridine rings is 2. The van der Waals surface area contributed by atoms with Gasteiger partial charge in [0.15, 0.2) is 11.5 Å². The number of hydrogen-bond acceptors (Lipinski definition) is 11. The molecule has 4 fully saturated rings. The zero-order chi connectivity index (χ0) is 38.0. The molecule has 288 valence electrons. The lowest BCUT2D eigenvalue weighted by molar-refractivity contribution is -0.134. The number of benzene rings is 1. The van der Waals surface area contributed by atoms with Gasteiger partial charge in [0.05, 0.1) is 29.9 Å². The van der Waals surface area contributed by atoms with E-state index in [0.717, 1.165) is 92.2 Å². The van der Waals surface area contributed by atoms with Crippen LogP contribution in [0.3, 0.4) is 0 Å². The lowest BCUT2D eigenvalue weighted by atomic mass is 9.84. The number of piperazine rings is 1. The Labute approximate surface area is 326 Å². The average molecular weight is 753 g/mol. The fraction of sp³-hybridized carbons (Fsp3) is 0.476. The Morgan fingerprint density at radius 2 is 1.70 bits per heavy atom. The largest absolute Gasteiger partial charge is 0.382 e. The lowest BCUT2D eigenvalue weighted by Crippen LogP contribution is -2.47. The van der Waals surface area contributed by atoms with E-state index >= 15 is 0 Å². The molecule has 9 rings (SSSR count). The second-order valence-electron chi connectivity index (χ2n) is 16.0.